The van der Waals surface area contributed by atoms with E-state index in [4.69, 9.17) is 25.2 Å². The molecule has 2 spiro atoms. The number of methoxy groups -OCH3 is 2. The maximum atomic E-state index is 9.45. The Morgan fingerprint density at radius 1 is 1.06 bits per heavy atom. The zero-order valence-corrected chi connectivity index (χ0v) is 18.8. The van der Waals surface area contributed by atoms with E-state index in [1.54, 1.807) is 20.3 Å². The second kappa shape index (κ2) is 7.46. The van der Waals surface area contributed by atoms with E-state index in [1.807, 2.05) is 19.1 Å². The Kier molecular flexibility index (Phi) is 4.83. The van der Waals surface area contributed by atoms with Crippen LogP contribution in [0.1, 0.15) is 49.3 Å². The van der Waals surface area contributed by atoms with Crippen LogP contribution < -0.4 is 10.5 Å². The van der Waals surface area contributed by atoms with E-state index in [2.05, 4.69) is 24.3 Å². The van der Waals surface area contributed by atoms with Crippen LogP contribution in [0.5, 0.6) is 5.75 Å². The first-order chi connectivity index (χ1) is 15.4. The molecule has 6 heteroatoms. The molecule has 2 aliphatic carbocycles. The van der Waals surface area contributed by atoms with Crippen LogP contribution in [-0.2, 0) is 16.8 Å². The van der Waals surface area contributed by atoms with Gasteiger partial charge in [-0.25, -0.2) is 4.99 Å². The smallest absolute Gasteiger partial charge is 0.184 e. The van der Waals surface area contributed by atoms with Gasteiger partial charge >= 0.3 is 0 Å². The van der Waals surface area contributed by atoms with E-state index in [9.17, 15) is 5.26 Å². The molecule has 164 valence electrons. The summed E-state index contributed by atoms with van der Waals surface area (Å²) in [6.07, 6.45) is 5.25. The lowest BCUT2D eigenvalue weighted by molar-refractivity contribution is -0.000372. The minimum Gasteiger partial charge on any atom is -0.497 e. The lowest BCUT2D eigenvalue weighted by Crippen LogP contribution is -2.43. The lowest BCUT2D eigenvalue weighted by atomic mass is 9.65. The Hall–Kier alpha value is -3.17. The largest absolute Gasteiger partial charge is 0.497 e. The molecule has 0 radical (unpaired) electrons. The van der Waals surface area contributed by atoms with Crippen LogP contribution in [0.15, 0.2) is 46.4 Å². The first-order valence-electron chi connectivity index (χ1n) is 11.1. The van der Waals surface area contributed by atoms with Crippen LogP contribution in [0.2, 0.25) is 0 Å². The molecule has 6 nitrogen and oxygen atoms in total. The number of ether oxygens (including phenoxy) is 2. The van der Waals surface area contributed by atoms with Crippen molar-refractivity contribution in [2.24, 2.45) is 21.1 Å². The first-order valence-corrected chi connectivity index (χ1v) is 11.1. The molecule has 1 saturated carbocycles. The van der Waals surface area contributed by atoms with Crippen molar-refractivity contribution >= 4 is 11.5 Å². The van der Waals surface area contributed by atoms with Gasteiger partial charge < -0.3 is 15.2 Å². The van der Waals surface area contributed by atoms with Crippen LogP contribution in [0.3, 0.4) is 0 Å². The number of amidine groups is 1. The summed E-state index contributed by atoms with van der Waals surface area (Å²) in [7, 11) is 3.41. The van der Waals surface area contributed by atoms with Crippen molar-refractivity contribution in [1.29, 1.82) is 5.26 Å². The van der Waals surface area contributed by atoms with Gasteiger partial charge in [0.05, 0.1) is 30.6 Å². The molecule has 0 bridgehead atoms. The summed E-state index contributed by atoms with van der Waals surface area (Å²) in [6, 6.07) is 14.4. The monoisotopic (exact) mass is 428 g/mol. The summed E-state index contributed by atoms with van der Waals surface area (Å²) in [6.45, 7) is 1.95. The number of nitrogens with two attached hydrogens (primary N) is 1. The summed E-state index contributed by atoms with van der Waals surface area (Å²) in [4.78, 5) is 10.2. The number of aliphatic imine (C=N–C) groups is 2. The fraction of sp³-hybridized carbons (Fsp3) is 0.423. The van der Waals surface area contributed by atoms with Gasteiger partial charge in [-0.15, -0.1) is 0 Å². The molecule has 0 unspecified atom stereocenters. The predicted octanol–water partition coefficient (Wildman–Crippen LogP) is 4.35. The molecule has 1 fully saturated rings. The fourth-order valence-electron chi connectivity index (χ4n) is 5.80. The van der Waals surface area contributed by atoms with Crippen LogP contribution >= 0.6 is 0 Å². The van der Waals surface area contributed by atoms with Crippen LogP contribution in [0, 0.1) is 16.7 Å². The molecular weight excluding hydrogens is 400 g/mol. The quantitative estimate of drug-likeness (QED) is 0.786. The summed E-state index contributed by atoms with van der Waals surface area (Å²) < 4.78 is 11.1. The topological polar surface area (TPSA) is 93.0 Å². The molecular formula is C26H28N4O2. The van der Waals surface area contributed by atoms with Crippen molar-refractivity contribution in [3.05, 3.63) is 53.1 Å². The van der Waals surface area contributed by atoms with Crippen molar-refractivity contribution < 1.29 is 9.47 Å². The molecule has 1 heterocycles. The van der Waals surface area contributed by atoms with E-state index in [1.165, 1.54) is 5.56 Å². The Bertz CT molecular complexity index is 1160. The summed E-state index contributed by atoms with van der Waals surface area (Å²) in [5.74, 6) is 1.20. The van der Waals surface area contributed by atoms with Crippen molar-refractivity contribution in [2.75, 3.05) is 14.2 Å². The van der Waals surface area contributed by atoms with E-state index in [0.29, 0.717) is 23.3 Å². The summed E-state index contributed by atoms with van der Waals surface area (Å²) in [5, 5.41) is 9.45. The molecule has 2 aromatic rings. The van der Waals surface area contributed by atoms with Gasteiger partial charge in [-0.2, -0.15) is 5.26 Å². The van der Waals surface area contributed by atoms with Gasteiger partial charge in [0.15, 0.2) is 5.66 Å². The molecule has 0 saturated heterocycles. The SMILES string of the molecule is COc1cc(C#N)cc(-c2ccc3c(c2)[C@@]2(N=C(C)C(N)=N2)C2(CCC(OC)CC2)C3)c1. The highest BCUT2D eigenvalue weighted by Gasteiger charge is 2.60. The van der Waals surface area contributed by atoms with Gasteiger partial charge in [0.1, 0.15) is 11.6 Å². The minimum absolute atomic E-state index is 0.0858. The predicted molar refractivity (Wildman–Crippen MR) is 125 cm³/mol. The highest BCUT2D eigenvalue weighted by Crippen LogP contribution is 2.62. The fourth-order valence-corrected chi connectivity index (χ4v) is 5.80. The third-order valence-corrected chi connectivity index (χ3v) is 7.56. The van der Waals surface area contributed by atoms with Crippen molar-refractivity contribution in [3.63, 3.8) is 0 Å². The zero-order chi connectivity index (χ0) is 22.5. The van der Waals surface area contributed by atoms with Crippen LogP contribution in [-0.4, -0.2) is 31.9 Å². The maximum Gasteiger partial charge on any atom is 0.184 e. The highest BCUT2D eigenvalue weighted by molar-refractivity contribution is 6.41. The van der Waals surface area contributed by atoms with Gasteiger partial charge in [-0.3, -0.25) is 4.99 Å². The lowest BCUT2D eigenvalue weighted by Gasteiger charge is -2.44. The van der Waals surface area contributed by atoms with E-state index >= 15 is 0 Å². The van der Waals surface area contributed by atoms with Crippen LogP contribution in [0.4, 0.5) is 0 Å². The molecule has 0 aromatic heterocycles. The average Bonchev–Trinajstić information content (AvgIpc) is 3.26. The van der Waals surface area contributed by atoms with Gasteiger partial charge in [0, 0.05) is 18.1 Å². The molecule has 3 aliphatic rings. The van der Waals surface area contributed by atoms with Gasteiger partial charge in [0.25, 0.3) is 0 Å². The number of hydrogen-bond acceptors (Lipinski definition) is 6. The molecule has 1 aliphatic heterocycles. The Morgan fingerprint density at radius 2 is 1.84 bits per heavy atom. The van der Waals surface area contributed by atoms with Crippen molar-refractivity contribution in [2.45, 2.75) is 50.8 Å². The number of fused-ring (bicyclic) bond motifs is 3. The molecule has 2 N–H and O–H groups in total. The third kappa shape index (κ3) is 2.96. The first kappa shape index (κ1) is 20.7. The summed E-state index contributed by atoms with van der Waals surface area (Å²) in [5.41, 5.74) is 11.3. The standard InChI is InChI=1S/C26H28N4O2/c1-16-24(28)30-26(29-16)23-13-18(20-10-17(15-27)11-22(12-20)32-3)4-5-19(23)14-25(26)8-6-21(31-2)7-9-25/h4-5,10-13,21H,6-9,14H2,1-3H3,(H2,28,30)/t21?,25?,26-/m0/s1. The number of benzene rings is 2. The Labute approximate surface area is 188 Å². The number of nitrogens with zero attached hydrogens (tertiary/aromatic N) is 3. The van der Waals surface area contributed by atoms with Gasteiger partial charge in [-0.05, 0) is 80.0 Å². The van der Waals surface area contributed by atoms with Gasteiger partial charge in [-0.1, -0.05) is 12.1 Å². The molecule has 32 heavy (non-hydrogen) atoms. The van der Waals surface area contributed by atoms with Crippen molar-refractivity contribution in [3.8, 4) is 22.9 Å². The molecule has 2 aromatic carbocycles. The normalized spacial score (nSPS) is 28.4. The highest BCUT2D eigenvalue weighted by atomic mass is 16.5. The molecule has 5 rings (SSSR count). The average molecular weight is 429 g/mol. The van der Waals surface area contributed by atoms with Crippen molar-refractivity contribution in [1.82, 2.24) is 0 Å². The van der Waals surface area contributed by atoms with Gasteiger partial charge in [0.2, 0.25) is 0 Å². The minimum atomic E-state index is -0.678. The molecule has 0 amide bonds. The maximum absolute atomic E-state index is 9.45. The molecule has 1 atom stereocenters. The number of rotatable bonds is 3. The summed E-state index contributed by atoms with van der Waals surface area (Å²) >= 11 is 0. The number of hydrogen-bond donors (Lipinski definition) is 1. The second-order valence-corrected chi connectivity index (χ2v) is 9.19. The van der Waals surface area contributed by atoms with Crippen LogP contribution in [0.25, 0.3) is 11.1 Å². The Morgan fingerprint density at radius 3 is 2.47 bits per heavy atom. The third-order valence-electron chi connectivity index (χ3n) is 7.56. The number of nitriles is 1. The van der Waals surface area contributed by atoms with E-state index in [0.717, 1.165) is 54.5 Å². The van der Waals surface area contributed by atoms with E-state index < -0.39 is 5.66 Å². The second-order valence-electron chi connectivity index (χ2n) is 9.19. The Balaban J connectivity index is 1.65. The van der Waals surface area contributed by atoms with E-state index in [-0.39, 0.29) is 5.41 Å². The zero-order valence-electron chi connectivity index (χ0n) is 18.8.